The predicted molar refractivity (Wildman–Crippen MR) is 113 cm³/mol. The average Bonchev–Trinajstić information content (AvgIpc) is 2.75. The Balaban J connectivity index is 1.35. The van der Waals surface area contributed by atoms with Gasteiger partial charge in [0.2, 0.25) is 10.0 Å². The van der Waals surface area contributed by atoms with Gasteiger partial charge in [0, 0.05) is 24.7 Å². The van der Waals surface area contributed by atoms with Gasteiger partial charge < -0.3 is 4.90 Å². The molecule has 1 aromatic carbocycles. The largest absolute Gasteiger partial charge is 0.325 e. The van der Waals surface area contributed by atoms with Gasteiger partial charge in [-0.1, -0.05) is 36.2 Å². The molecule has 0 aliphatic carbocycles. The quantitative estimate of drug-likeness (QED) is 0.788. The second-order valence-electron chi connectivity index (χ2n) is 8.28. The van der Waals surface area contributed by atoms with Gasteiger partial charge in [-0.05, 0) is 25.8 Å². The van der Waals surface area contributed by atoms with Crippen molar-refractivity contribution < 1.29 is 18.3 Å². The molecule has 4 rings (SSSR count). The van der Waals surface area contributed by atoms with E-state index < -0.39 is 10.0 Å². The van der Waals surface area contributed by atoms with Crippen LogP contribution in [-0.2, 0) is 16.6 Å². The van der Waals surface area contributed by atoms with Crippen LogP contribution < -0.4 is 14.8 Å². The van der Waals surface area contributed by atoms with Gasteiger partial charge in [0.15, 0.2) is 0 Å². The summed E-state index contributed by atoms with van der Waals surface area (Å²) in [5.74, 6) is 0.997. The number of aryl methyl sites for hydroxylation is 1. The third kappa shape index (κ3) is 4.79. The zero-order valence-electron chi connectivity index (χ0n) is 17.2. The lowest BCUT2D eigenvalue weighted by molar-refractivity contribution is -0.914. The molecule has 2 N–H and O–H groups in total. The number of quaternary nitrogens is 1. The number of sulfonamides is 1. The Kier molecular flexibility index (Phi) is 6.18. The van der Waals surface area contributed by atoms with Crippen LogP contribution in [0, 0.1) is 6.92 Å². The topological polar surface area (TPSA) is 59.2 Å². The highest BCUT2D eigenvalue weighted by molar-refractivity contribution is 7.89. The first-order valence-electron chi connectivity index (χ1n) is 10.7. The average molecular weight is 417 g/mol. The highest BCUT2D eigenvalue weighted by Gasteiger charge is 2.29. The first-order chi connectivity index (χ1) is 14.0. The summed E-state index contributed by atoms with van der Waals surface area (Å²) in [5, 5.41) is 0. The van der Waals surface area contributed by atoms with Crippen LogP contribution >= 0.6 is 0 Å². The van der Waals surface area contributed by atoms with E-state index in [0.717, 1.165) is 57.8 Å². The van der Waals surface area contributed by atoms with E-state index in [0.29, 0.717) is 18.0 Å². The van der Waals surface area contributed by atoms with Crippen molar-refractivity contribution in [1.82, 2.24) is 4.31 Å². The Morgan fingerprint density at radius 3 is 2.41 bits per heavy atom. The van der Waals surface area contributed by atoms with Gasteiger partial charge >= 0.3 is 0 Å². The number of nitrogens with zero attached hydrogens (tertiary/aromatic N) is 2. The maximum absolute atomic E-state index is 12.8. The molecular weight excluding hydrogens is 384 g/mol. The lowest BCUT2D eigenvalue weighted by atomic mass is 10.1. The standard InChI is InChI=1S/C22H30N4O2S/c1-19-6-5-7-20(16-19)18-24-12-14-25(15-13-24)22-9-8-21(17-23-22)29(27,28)26-10-3-2-4-11-26/h5-9,16-17H,2-4,10-15,18H2,1H3/p+2. The number of rotatable bonds is 5. The van der Waals surface area contributed by atoms with Crippen molar-refractivity contribution in [1.29, 1.82) is 0 Å². The fraction of sp³-hybridized carbons (Fsp3) is 0.500. The second-order valence-corrected chi connectivity index (χ2v) is 10.2. The zero-order chi connectivity index (χ0) is 20.3. The highest BCUT2D eigenvalue weighted by Crippen LogP contribution is 2.20. The number of hydrogen-bond acceptors (Lipinski definition) is 3. The molecule has 0 radical (unpaired) electrons. The van der Waals surface area contributed by atoms with E-state index in [9.17, 15) is 8.42 Å². The van der Waals surface area contributed by atoms with Crippen molar-refractivity contribution in [3.63, 3.8) is 0 Å². The Labute approximate surface area is 174 Å². The first kappa shape index (κ1) is 20.3. The van der Waals surface area contributed by atoms with Gasteiger partial charge in [-0.3, -0.25) is 4.90 Å². The van der Waals surface area contributed by atoms with E-state index in [1.54, 1.807) is 21.5 Å². The molecular formula is C22H32N4O2S+2. The van der Waals surface area contributed by atoms with Gasteiger partial charge in [0.25, 0.3) is 5.82 Å². The minimum Gasteiger partial charge on any atom is -0.325 e. The Morgan fingerprint density at radius 1 is 1.00 bits per heavy atom. The molecule has 7 heteroatoms. The molecule has 2 aliphatic heterocycles. The summed E-state index contributed by atoms with van der Waals surface area (Å²) < 4.78 is 27.2. The van der Waals surface area contributed by atoms with E-state index in [1.165, 1.54) is 11.1 Å². The smallest absolute Gasteiger partial charge is 0.274 e. The lowest BCUT2D eigenvalue weighted by Crippen LogP contribution is -3.13. The van der Waals surface area contributed by atoms with Gasteiger partial charge in [-0.2, -0.15) is 4.31 Å². The van der Waals surface area contributed by atoms with Crippen LogP contribution in [0.5, 0.6) is 0 Å². The van der Waals surface area contributed by atoms with Crippen LogP contribution in [-0.4, -0.2) is 52.0 Å². The van der Waals surface area contributed by atoms with E-state index in [2.05, 4.69) is 41.1 Å². The van der Waals surface area contributed by atoms with Crippen LogP contribution in [0.3, 0.4) is 0 Å². The van der Waals surface area contributed by atoms with Gasteiger partial charge in [0.1, 0.15) is 43.8 Å². The van der Waals surface area contributed by atoms with Crippen LogP contribution in [0.2, 0.25) is 0 Å². The number of piperidine rings is 1. The molecule has 0 atom stereocenters. The van der Waals surface area contributed by atoms with E-state index in [-0.39, 0.29) is 0 Å². The van der Waals surface area contributed by atoms with E-state index in [4.69, 9.17) is 0 Å². The zero-order valence-corrected chi connectivity index (χ0v) is 18.0. The lowest BCUT2D eigenvalue weighted by Gasteiger charge is -2.28. The summed E-state index contributed by atoms with van der Waals surface area (Å²) in [5.41, 5.74) is 2.71. The summed E-state index contributed by atoms with van der Waals surface area (Å²) in [6, 6.07) is 12.4. The number of aromatic amines is 1. The first-order valence-corrected chi connectivity index (χ1v) is 12.1. The van der Waals surface area contributed by atoms with Crippen LogP contribution in [0.1, 0.15) is 30.4 Å². The number of anilines is 1. The number of piperazine rings is 1. The van der Waals surface area contributed by atoms with Crippen molar-refractivity contribution in [2.75, 3.05) is 44.2 Å². The number of hydrogen-bond donors (Lipinski definition) is 1. The minimum absolute atomic E-state index is 0.367. The maximum Gasteiger partial charge on any atom is 0.274 e. The van der Waals surface area contributed by atoms with Crippen LogP contribution in [0.25, 0.3) is 0 Å². The predicted octanol–water partition coefficient (Wildman–Crippen LogP) is 0.889. The number of benzene rings is 1. The monoisotopic (exact) mass is 416 g/mol. The van der Waals surface area contributed by atoms with Gasteiger partial charge in [0.05, 0.1) is 0 Å². The maximum atomic E-state index is 12.8. The fourth-order valence-electron chi connectivity index (χ4n) is 4.37. The summed E-state index contributed by atoms with van der Waals surface area (Å²) in [7, 11) is -3.38. The molecule has 156 valence electrons. The van der Waals surface area contributed by atoms with Crippen molar-refractivity contribution in [3.8, 4) is 0 Å². The number of nitrogens with one attached hydrogen (secondary N) is 2. The molecule has 0 saturated carbocycles. The molecule has 6 nitrogen and oxygen atoms in total. The summed E-state index contributed by atoms with van der Waals surface area (Å²) >= 11 is 0. The van der Waals surface area contributed by atoms with E-state index in [1.807, 2.05) is 6.07 Å². The summed E-state index contributed by atoms with van der Waals surface area (Å²) in [4.78, 5) is 7.51. The van der Waals surface area contributed by atoms with E-state index >= 15 is 0 Å². The third-order valence-corrected chi connectivity index (χ3v) is 7.96. The van der Waals surface area contributed by atoms with Crippen molar-refractivity contribution in [3.05, 3.63) is 53.7 Å². The Hall–Kier alpha value is -1.96. The number of aromatic nitrogens is 1. The van der Waals surface area contributed by atoms with Gasteiger partial charge in [-0.25, -0.2) is 13.4 Å². The van der Waals surface area contributed by atoms with Crippen LogP contribution in [0.15, 0.2) is 47.5 Å². The molecule has 2 saturated heterocycles. The molecule has 0 amide bonds. The molecule has 2 fully saturated rings. The number of H-pyrrole nitrogens is 1. The third-order valence-electron chi connectivity index (χ3n) is 6.07. The second kappa shape index (κ2) is 8.81. The fourth-order valence-corrected chi connectivity index (χ4v) is 5.85. The van der Waals surface area contributed by atoms with Crippen molar-refractivity contribution in [2.24, 2.45) is 0 Å². The SMILES string of the molecule is Cc1cccc(C[NH+]2CCN(c3ccc(S(=O)(=O)N4CCCCC4)c[nH+]3)CC2)c1. The molecule has 2 aliphatic rings. The van der Waals surface area contributed by atoms with Crippen molar-refractivity contribution in [2.45, 2.75) is 37.6 Å². The molecule has 1 aromatic heterocycles. The summed E-state index contributed by atoms with van der Waals surface area (Å²) in [6.07, 6.45) is 4.69. The minimum atomic E-state index is -3.38. The Morgan fingerprint density at radius 2 is 1.76 bits per heavy atom. The molecule has 29 heavy (non-hydrogen) atoms. The van der Waals surface area contributed by atoms with Crippen LogP contribution in [0.4, 0.5) is 5.82 Å². The normalized spacial score (nSPS) is 19.4. The van der Waals surface area contributed by atoms with Crippen molar-refractivity contribution >= 4 is 15.8 Å². The molecule has 0 bridgehead atoms. The molecule has 0 unspecified atom stereocenters. The molecule has 3 heterocycles. The number of pyridine rings is 1. The van der Waals surface area contributed by atoms with Gasteiger partial charge in [-0.15, -0.1) is 0 Å². The molecule has 2 aromatic rings. The Bertz CT molecular complexity index is 916. The molecule has 0 spiro atoms. The summed E-state index contributed by atoms with van der Waals surface area (Å²) in [6.45, 7) is 8.57. The highest BCUT2D eigenvalue weighted by atomic mass is 32.2.